The zero-order valence-corrected chi connectivity index (χ0v) is 11.2. The molecule has 0 aliphatic rings. The minimum Gasteiger partial charge on any atom is -1.00 e. The van der Waals surface area contributed by atoms with Gasteiger partial charge in [-0.25, -0.2) is 0 Å². The molecule has 0 aromatic heterocycles. The van der Waals surface area contributed by atoms with Gasteiger partial charge in [-0.2, -0.15) is 0 Å². The average Bonchev–Trinajstić information content (AvgIpc) is 2.20. The van der Waals surface area contributed by atoms with Crippen molar-refractivity contribution < 1.29 is 45.3 Å². The van der Waals surface area contributed by atoms with Gasteiger partial charge in [0, 0.05) is 25.3 Å². The van der Waals surface area contributed by atoms with E-state index in [4.69, 9.17) is 15.2 Å². The van der Waals surface area contributed by atoms with Crippen LogP contribution in [-0.4, -0.2) is 20.1 Å². The van der Waals surface area contributed by atoms with Crippen molar-refractivity contribution in [2.45, 2.75) is 6.29 Å². The standard InChI is InChI=1S/C10H13NO3.Na.H/c1-13-10(14-2)8-6-4-3-5-7(8)9(11)12;;/h3-6,10H,1-2H3,(H2,11,12);;/q;+1;-1. The summed E-state index contributed by atoms with van der Waals surface area (Å²) in [5, 5.41) is 0. The van der Waals surface area contributed by atoms with Crippen molar-refractivity contribution in [1.29, 1.82) is 0 Å². The largest absolute Gasteiger partial charge is 1.00 e. The first-order valence-electron chi connectivity index (χ1n) is 4.15. The van der Waals surface area contributed by atoms with Crippen LogP contribution in [0, 0.1) is 0 Å². The number of carbonyl (C=O) groups is 1. The molecule has 15 heavy (non-hydrogen) atoms. The maximum atomic E-state index is 11.1. The SMILES string of the molecule is COC(OC)c1ccccc1C(N)=O.[H-].[Na+]. The Hall–Kier alpha value is -0.390. The van der Waals surface area contributed by atoms with Crippen molar-refractivity contribution in [3.63, 3.8) is 0 Å². The molecular weight excluding hydrogens is 205 g/mol. The molecule has 2 N–H and O–H groups in total. The quantitative estimate of drug-likeness (QED) is 0.480. The Balaban J connectivity index is 0. The molecule has 0 radical (unpaired) electrons. The number of nitrogens with two attached hydrogens (primary N) is 1. The number of amides is 1. The fourth-order valence-electron chi connectivity index (χ4n) is 1.28. The zero-order chi connectivity index (χ0) is 10.6. The Labute approximate surface area is 113 Å². The second-order valence-corrected chi connectivity index (χ2v) is 2.75. The van der Waals surface area contributed by atoms with Gasteiger partial charge in [-0.3, -0.25) is 4.79 Å². The molecule has 5 heteroatoms. The van der Waals surface area contributed by atoms with E-state index >= 15 is 0 Å². The molecule has 1 aromatic carbocycles. The number of methoxy groups -OCH3 is 2. The van der Waals surface area contributed by atoms with Crippen LogP contribution in [0.5, 0.6) is 0 Å². The summed E-state index contributed by atoms with van der Waals surface area (Å²) in [6.07, 6.45) is -0.557. The molecule has 78 valence electrons. The fourth-order valence-corrected chi connectivity index (χ4v) is 1.28. The summed E-state index contributed by atoms with van der Waals surface area (Å²) in [4.78, 5) is 11.1. The summed E-state index contributed by atoms with van der Waals surface area (Å²) in [7, 11) is 3.01. The molecule has 1 aromatic rings. The Kier molecular flexibility index (Phi) is 6.80. The van der Waals surface area contributed by atoms with Gasteiger partial charge in [0.1, 0.15) is 0 Å². The van der Waals surface area contributed by atoms with Gasteiger partial charge < -0.3 is 16.6 Å². The van der Waals surface area contributed by atoms with Crippen LogP contribution in [0.25, 0.3) is 0 Å². The van der Waals surface area contributed by atoms with Crippen LogP contribution in [0.4, 0.5) is 0 Å². The van der Waals surface area contributed by atoms with Gasteiger partial charge in [0.15, 0.2) is 6.29 Å². The third-order valence-electron chi connectivity index (χ3n) is 1.91. The molecule has 0 saturated carbocycles. The van der Waals surface area contributed by atoms with E-state index in [2.05, 4.69) is 0 Å². The van der Waals surface area contributed by atoms with Gasteiger partial charge in [-0.05, 0) is 6.07 Å². The van der Waals surface area contributed by atoms with Crippen LogP contribution in [0.3, 0.4) is 0 Å². The van der Waals surface area contributed by atoms with E-state index in [1.165, 1.54) is 14.2 Å². The first-order chi connectivity index (χ1) is 6.70. The van der Waals surface area contributed by atoms with Crippen molar-refractivity contribution in [2.24, 2.45) is 5.73 Å². The van der Waals surface area contributed by atoms with Gasteiger partial charge in [-0.15, -0.1) is 0 Å². The number of benzene rings is 1. The Bertz CT molecular complexity index is 332. The first-order valence-corrected chi connectivity index (χ1v) is 4.15. The molecule has 0 heterocycles. The summed E-state index contributed by atoms with van der Waals surface area (Å²) in [5.74, 6) is -0.486. The van der Waals surface area contributed by atoms with Crippen LogP contribution < -0.4 is 35.3 Å². The molecular formula is C10H14NNaO3. The van der Waals surface area contributed by atoms with E-state index in [1.54, 1.807) is 24.3 Å². The summed E-state index contributed by atoms with van der Waals surface area (Å²) in [6, 6.07) is 6.93. The van der Waals surface area contributed by atoms with Crippen molar-refractivity contribution >= 4 is 5.91 Å². The average molecular weight is 219 g/mol. The number of rotatable bonds is 4. The van der Waals surface area contributed by atoms with Gasteiger partial charge in [-0.1, -0.05) is 18.2 Å². The summed E-state index contributed by atoms with van der Waals surface area (Å²) >= 11 is 0. The molecule has 0 aliphatic heterocycles. The maximum Gasteiger partial charge on any atom is 1.00 e. The predicted molar refractivity (Wildman–Crippen MR) is 52.8 cm³/mol. The molecule has 0 aliphatic carbocycles. The van der Waals surface area contributed by atoms with Crippen LogP contribution in [-0.2, 0) is 9.47 Å². The van der Waals surface area contributed by atoms with E-state index in [1.807, 2.05) is 0 Å². The Morgan fingerprint density at radius 2 is 1.87 bits per heavy atom. The smallest absolute Gasteiger partial charge is 1.00 e. The van der Waals surface area contributed by atoms with Crippen LogP contribution >= 0.6 is 0 Å². The summed E-state index contributed by atoms with van der Waals surface area (Å²) < 4.78 is 10.1. The van der Waals surface area contributed by atoms with Gasteiger partial charge in [0.25, 0.3) is 0 Å². The second-order valence-electron chi connectivity index (χ2n) is 2.75. The summed E-state index contributed by atoms with van der Waals surface area (Å²) in [5.41, 5.74) is 6.27. The zero-order valence-electron chi connectivity index (χ0n) is 10.2. The number of hydrogen-bond acceptors (Lipinski definition) is 3. The van der Waals surface area contributed by atoms with E-state index < -0.39 is 12.2 Å². The molecule has 0 bridgehead atoms. The third kappa shape index (κ3) is 3.59. The van der Waals surface area contributed by atoms with E-state index in [9.17, 15) is 4.79 Å². The van der Waals surface area contributed by atoms with Gasteiger partial charge in [0.05, 0.1) is 0 Å². The minimum atomic E-state index is -0.557. The molecule has 0 unspecified atom stereocenters. The van der Waals surface area contributed by atoms with Crippen molar-refractivity contribution in [1.82, 2.24) is 0 Å². The monoisotopic (exact) mass is 219 g/mol. The van der Waals surface area contributed by atoms with Crippen LogP contribution in [0.15, 0.2) is 24.3 Å². The normalized spacial score (nSPS) is 9.80. The van der Waals surface area contributed by atoms with Crippen LogP contribution in [0.1, 0.15) is 23.6 Å². The number of carbonyl (C=O) groups excluding carboxylic acids is 1. The number of ether oxygens (including phenoxy) is 2. The molecule has 1 amide bonds. The van der Waals surface area contributed by atoms with Crippen molar-refractivity contribution in [3.05, 3.63) is 35.4 Å². The first kappa shape index (κ1) is 14.6. The van der Waals surface area contributed by atoms with Crippen LogP contribution in [0.2, 0.25) is 0 Å². The predicted octanol–water partition coefficient (Wildman–Crippen LogP) is -1.81. The maximum absolute atomic E-state index is 11.1. The minimum absolute atomic E-state index is 0. The summed E-state index contributed by atoms with van der Waals surface area (Å²) in [6.45, 7) is 0. The van der Waals surface area contributed by atoms with Crippen molar-refractivity contribution in [2.75, 3.05) is 14.2 Å². The van der Waals surface area contributed by atoms with E-state index in [-0.39, 0.29) is 31.0 Å². The second kappa shape index (κ2) is 6.98. The van der Waals surface area contributed by atoms with Gasteiger partial charge >= 0.3 is 29.6 Å². The molecule has 4 nitrogen and oxygen atoms in total. The van der Waals surface area contributed by atoms with Gasteiger partial charge in [0.2, 0.25) is 5.91 Å². The Morgan fingerprint density at radius 1 is 1.33 bits per heavy atom. The fraction of sp³-hybridized carbons (Fsp3) is 0.300. The number of primary amides is 1. The Morgan fingerprint density at radius 3 is 2.33 bits per heavy atom. The topological polar surface area (TPSA) is 61.6 Å². The van der Waals surface area contributed by atoms with E-state index in [0.29, 0.717) is 11.1 Å². The molecule has 0 spiro atoms. The molecule has 0 saturated heterocycles. The molecule has 0 fully saturated rings. The third-order valence-corrected chi connectivity index (χ3v) is 1.91. The molecule has 1 rings (SSSR count). The van der Waals surface area contributed by atoms with E-state index in [0.717, 1.165) is 0 Å². The number of hydrogen-bond donors (Lipinski definition) is 1. The van der Waals surface area contributed by atoms with Crippen molar-refractivity contribution in [3.8, 4) is 0 Å². The molecule has 0 atom stereocenters.